The smallest absolute Gasteiger partial charge is 0.264 e. The molecule has 0 aliphatic rings. The first-order valence-electron chi connectivity index (χ1n) is 14.8. The molecule has 0 spiro atoms. The van der Waals surface area contributed by atoms with E-state index in [-0.39, 0.29) is 35.5 Å². The van der Waals surface area contributed by atoms with E-state index in [0.717, 1.165) is 22.0 Å². The average molecular weight is 666 g/mol. The van der Waals surface area contributed by atoms with Gasteiger partial charge in [0.1, 0.15) is 24.2 Å². The van der Waals surface area contributed by atoms with Crippen LogP contribution in [0, 0.1) is 5.82 Å². The van der Waals surface area contributed by atoms with Crippen LogP contribution in [0.2, 0.25) is 5.02 Å². The van der Waals surface area contributed by atoms with Crippen molar-refractivity contribution >= 4 is 39.1 Å². The zero-order chi connectivity index (χ0) is 33.3. The molecule has 4 aromatic carbocycles. The van der Waals surface area contributed by atoms with E-state index < -0.39 is 34.3 Å². The molecule has 1 N–H and O–H groups in total. The summed E-state index contributed by atoms with van der Waals surface area (Å²) in [6.45, 7) is 3.13. The highest BCUT2D eigenvalue weighted by Crippen LogP contribution is 2.27. The van der Waals surface area contributed by atoms with Crippen molar-refractivity contribution in [3.05, 3.63) is 125 Å². The van der Waals surface area contributed by atoms with E-state index >= 15 is 0 Å². The van der Waals surface area contributed by atoms with Crippen LogP contribution in [0.1, 0.15) is 31.4 Å². The van der Waals surface area contributed by atoms with Crippen molar-refractivity contribution < 1.29 is 27.1 Å². The van der Waals surface area contributed by atoms with Gasteiger partial charge in [0.25, 0.3) is 10.0 Å². The van der Waals surface area contributed by atoms with Crippen molar-refractivity contribution in [2.75, 3.05) is 18.0 Å². The number of nitrogens with zero attached hydrogens (tertiary/aromatic N) is 2. The van der Waals surface area contributed by atoms with Crippen LogP contribution in [0.3, 0.4) is 0 Å². The lowest BCUT2D eigenvalue weighted by Gasteiger charge is -2.34. The molecule has 11 heteroatoms. The molecule has 2 atom stereocenters. The molecule has 46 heavy (non-hydrogen) atoms. The number of rotatable bonds is 14. The van der Waals surface area contributed by atoms with Gasteiger partial charge in [0.05, 0.1) is 17.7 Å². The maximum absolute atomic E-state index is 14.5. The van der Waals surface area contributed by atoms with Crippen LogP contribution < -0.4 is 14.4 Å². The first-order chi connectivity index (χ1) is 22.0. The van der Waals surface area contributed by atoms with Crippen LogP contribution in [-0.2, 0) is 32.6 Å². The predicted octanol–water partition coefficient (Wildman–Crippen LogP) is 6.24. The number of nitrogens with one attached hydrogen (secondary N) is 1. The Labute approximate surface area is 274 Å². The maximum Gasteiger partial charge on any atom is 0.264 e. The second-order valence-corrected chi connectivity index (χ2v) is 13.1. The molecule has 0 fully saturated rings. The Balaban J connectivity index is 1.80. The Bertz CT molecular complexity index is 1720. The number of benzene rings is 4. The van der Waals surface area contributed by atoms with Crippen LogP contribution in [0.15, 0.2) is 108 Å². The van der Waals surface area contributed by atoms with Gasteiger partial charge in [-0.1, -0.05) is 61.0 Å². The van der Waals surface area contributed by atoms with Gasteiger partial charge in [0.15, 0.2) is 0 Å². The van der Waals surface area contributed by atoms with E-state index in [0.29, 0.717) is 22.8 Å². The molecule has 0 saturated heterocycles. The third kappa shape index (κ3) is 8.86. The number of anilines is 1. The molecule has 0 aliphatic carbocycles. The number of methoxy groups -OCH3 is 1. The van der Waals surface area contributed by atoms with E-state index in [4.69, 9.17) is 16.3 Å². The van der Waals surface area contributed by atoms with Crippen LogP contribution in [-0.4, -0.2) is 50.9 Å². The standard InChI is InChI=1S/C35H37ClFN3O5S/c1-4-25(2)38-35(42)33(22-26-9-6-5-7-10-26)39(23-27-11-8-12-28(36)21-27)34(41)24-40(30-15-13-29(37)14-16-30)46(43,44)32-19-17-31(45-3)18-20-32/h5-21,25,33H,4,22-24H2,1-3H3,(H,38,42)/t25-,33-/m1/s1. The van der Waals surface area contributed by atoms with E-state index in [2.05, 4.69) is 5.32 Å². The van der Waals surface area contributed by atoms with Gasteiger partial charge in [-0.3, -0.25) is 13.9 Å². The van der Waals surface area contributed by atoms with Crippen molar-refractivity contribution in [3.8, 4) is 5.75 Å². The van der Waals surface area contributed by atoms with Crippen molar-refractivity contribution in [2.45, 2.75) is 50.2 Å². The molecule has 242 valence electrons. The van der Waals surface area contributed by atoms with Crippen LogP contribution in [0.5, 0.6) is 5.75 Å². The minimum Gasteiger partial charge on any atom is -0.497 e. The maximum atomic E-state index is 14.5. The summed E-state index contributed by atoms with van der Waals surface area (Å²) in [6, 6.07) is 25.6. The summed E-state index contributed by atoms with van der Waals surface area (Å²) in [5.74, 6) is -1.13. The van der Waals surface area contributed by atoms with Crippen molar-refractivity contribution in [1.82, 2.24) is 10.2 Å². The molecule has 0 heterocycles. The molecular weight excluding hydrogens is 629 g/mol. The summed E-state index contributed by atoms with van der Waals surface area (Å²) < 4.78 is 48.2. The average Bonchev–Trinajstić information content (AvgIpc) is 3.06. The number of carbonyl (C=O) groups is 2. The SMILES string of the molecule is CC[C@@H](C)NC(=O)[C@@H](Cc1ccccc1)N(Cc1cccc(Cl)c1)C(=O)CN(c1ccc(F)cc1)S(=O)(=O)c1ccc(OC)cc1. The van der Waals surface area contributed by atoms with Gasteiger partial charge < -0.3 is 15.0 Å². The number of amides is 2. The zero-order valence-corrected chi connectivity index (χ0v) is 27.5. The second-order valence-electron chi connectivity index (χ2n) is 10.8. The summed E-state index contributed by atoms with van der Waals surface area (Å²) in [5, 5.41) is 3.44. The largest absolute Gasteiger partial charge is 0.497 e. The molecule has 8 nitrogen and oxygen atoms in total. The molecular formula is C35H37ClFN3O5S. The topological polar surface area (TPSA) is 96.0 Å². The summed E-state index contributed by atoms with van der Waals surface area (Å²) in [5.41, 5.74) is 1.55. The Hall–Kier alpha value is -4.41. The number of sulfonamides is 1. The molecule has 0 aliphatic heterocycles. The molecule has 0 saturated carbocycles. The highest BCUT2D eigenvalue weighted by atomic mass is 35.5. The number of hydrogen-bond donors (Lipinski definition) is 1. The second kappa shape index (κ2) is 15.7. The van der Waals surface area contributed by atoms with Crippen LogP contribution >= 0.6 is 11.6 Å². The quantitative estimate of drug-likeness (QED) is 0.172. The summed E-state index contributed by atoms with van der Waals surface area (Å²) in [4.78, 5) is 29.6. The molecule has 4 rings (SSSR count). The van der Waals surface area contributed by atoms with E-state index in [1.807, 2.05) is 44.2 Å². The third-order valence-electron chi connectivity index (χ3n) is 7.55. The van der Waals surface area contributed by atoms with Gasteiger partial charge in [-0.15, -0.1) is 0 Å². The Morgan fingerprint density at radius 2 is 1.57 bits per heavy atom. The highest BCUT2D eigenvalue weighted by Gasteiger charge is 2.35. The fourth-order valence-corrected chi connectivity index (χ4v) is 6.47. The lowest BCUT2D eigenvalue weighted by Crippen LogP contribution is -2.54. The number of ether oxygens (including phenoxy) is 1. The van der Waals surface area contributed by atoms with Gasteiger partial charge >= 0.3 is 0 Å². The first kappa shape index (κ1) is 34.5. The summed E-state index contributed by atoms with van der Waals surface area (Å²) in [7, 11) is -2.88. The van der Waals surface area contributed by atoms with Gasteiger partial charge in [0.2, 0.25) is 11.8 Å². The van der Waals surface area contributed by atoms with Gasteiger partial charge in [-0.05, 0) is 85.1 Å². The molecule has 0 aromatic heterocycles. The van der Waals surface area contributed by atoms with E-state index in [9.17, 15) is 22.4 Å². The monoisotopic (exact) mass is 665 g/mol. The number of halogens is 2. The predicted molar refractivity (Wildman–Crippen MR) is 178 cm³/mol. The minimum atomic E-state index is -4.34. The fourth-order valence-electron chi connectivity index (χ4n) is 4.84. The highest BCUT2D eigenvalue weighted by molar-refractivity contribution is 7.92. The number of hydrogen-bond acceptors (Lipinski definition) is 5. The fraction of sp³-hybridized carbons (Fsp3) is 0.257. The van der Waals surface area contributed by atoms with Crippen molar-refractivity contribution in [1.29, 1.82) is 0 Å². The summed E-state index contributed by atoms with van der Waals surface area (Å²) in [6.07, 6.45) is 0.849. The molecule has 0 bridgehead atoms. The van der Waals surface area contributed by atoms with Gasteiger partial charge in [-0.2, -0.15) is 0 Å². The lowest BCUT2D eigenvalue weighted by molar-refractivity contribution is -0.140. The molecule has 0 unspecified atom stereocenters. The summed E-state index contributed by atoms with van der Waals surface area (Å²) >= 11 is 6.28. The minimum absolute atomic E-state index is 0.0232. The van der Waals surface area contributed by atoms with Gasteiger partial charge in [-0.25, -0.2) is 12.8 Å². The number of carbonyl (C=O) groups excluding carboxylic acids is 2. The van der Waals surface area contributed by atoms with Crippen LogP contribution in [0.25, 0.3) is 0 Å². The zero-order valence-electron chi connectivity index (χ0n) is 25.9. The molecule has 4 aromatic rings. The molecule has 0 radical (unpaired) electrons. The lowest BCUT2D eigenvalue weighted by atomic mass is 10.0. The van der Waals surface area contributed by atoms with Crippen molar-refractivity contribution in [3.63, 3.8) is 0 Å². The molecule has 2 amide bonds. The Morgan fingerprint density at radius 1 is 0.913 bits per heavy atom. The van der Waals surface area contributed by atoms with Crippen molar-refractivity contribution in [2.24, 2.45) is 0 Å². The van der Waals surface area contributed by atoms with E-state index in [1.165, 1.54) is 48.4 Å². The Kier molecular flexibility index (Phi) is 11.8. The first-order valence-corrected chi connectivity index (χ1v) is 16.6. The Morgan fingerprint density at radius 3 is 2.17 bits per heavy atom. The normalized spacial score (nSPS) is 12.5. The van der Waals surface area contributed by atoms with Crippen LogP contribution in [0.4, 0.5) is 10.1 Å². The van der Waals surface area contributed by atoms with Gasteiger partial charge in [0, 0.05) is 24.0 Å². The third-order valence-corrected chi connectivity index (χ3v) is 9.58. The van der Waals surface area contributed by atoms with E-state index in [1.54, 1.807) is 24.3 Å².